The van der Waals surface area contributed by atoms with Crippen LogP contribution in [0.25, 0.3) is 0 Å². The summed E-state index contributed by atoms with van der Waals surface area (Å²) in [6, 6.07) is 3.53. The SMILES string of the molecule is CN(C)C(C=O)c1ccncc1. The van der Waals surface area contributed by atoms with Gasteiger partial charge < -0.3 is 4.79 Å². The average molecular weight is 164 g/mol. The van der Waals surface area contributed by atoms with Gasteiger partial charge in [-0.15, -0.1) is 0 Å². The van der Waals surface area contributed by atoms with Crippen LogP contribution in [0.2, 0.25) is 0 Å². The highest BCUT2D eigenvalue weighted by Gasteiger charge is 2.11. The number of hydrogen-bond acceptors (Lipinski definition) is 3. The van der Waals surface area contributed by atoms with Crippen molar-refractivity contribution in [2.45, 2.75) is 6.04 Å². The Morgan fingerprint density at radius 3 is 2.42 bits per heavy atom. The molecular weight excluding hydrogens is 152 g/mol. The zero-order chi connectivity index (χ0) is 8.97. The van der Waals surface area contributed by atoms with Gasteiger partial charge in [0.15, 0.2) is 0 Å². The summed E-state index contributed by atoms with van der Waals surface area (Å²) in [7, 11) is 3.75. The van der Waals surface area contributed by atoms with Crippen molar-refractivity contribution in [1.82, 2.24) is 9.88 Å². The molecule has 0 aliphatic carbocycles. The van der Waals surface area contributed by atoms with Crippen LogP contribution in [0.15, 0.2) is 24.5 Å². The first-order chi connectivity index (χ1) is 5.75. The summed E-state index contributed by atoms with van der Waals surface area (Å²) in [4.78, 5) is 16.4. The largest absolute Gasteiger partial charge is 0.301 e. The minimum Gasteiger partial charge on any atom is -0.301 e. The Bertz CT molecular complexity index is 246. The van der Waals surface area contributed by atoms with Crippen molar-refractivity contribution in [2.24, 2.45) is 0 Å². The highest BCUT2D eigenvalue weighted by atomic mass is 16.1. The van der Waals surface area contributed by atoms with Crippen LogP contribution in [0.5, 0.6) is 0 Å². The van der Waals surface area contributed by atoms with Crippen molar-refractivity contribution < 1.29 is 4.79 Å². The number of carbonyl (C=O) groups is 1. The zero-order valence-electron chi connectivity index (χ0n) is 7.27. The summed E-state index contributed by atoms with van der Waals surface area (Å²) in [5.74, 6) is 0. The Morgan fingerprint density at radius 2 is 2.00 bits per heavy atom. The molecule has 0 fully saturated rings. The Balaban J connectivity index is 2.88. The molecule has 0 saturated heterocycles. The molecule has 3 nitrogen and oxygen atoms in total. The lowest BCUT2D eigenvalue weighted by Gasteiger charge is -2.17. The highest BCUT2D eigenvalue weighted by Crippen LogP contribution is 2.13. The number of likely N-dealkylation sites (N-methyl/N-ethyl adjacent to an activating group) is 1. The maximum absolute atomic E-state index is 10.7. The molecule has 1 aromatic heterocycles. The van der Waals surface area contributed by atoms with Gasteiger partial charge in [-0.25, -0.2) is 0 Å². The van der Waals surface area contributed by atoms with E-state index in [9.17, 15) is 4.79 Å². The van der Waals surface area contributed by atoms with Gasteiger partial charge in [0.1, 0.15) is 6.29 Å². The molecule has 3 heteroatoms. The maximum atomic E-state index is 10.7. The minimum atomic E-state index is -0.159. The van der Waals surface area contributed by atoms with Gasteiger partial charge in [0.2, 0.25) is 0 Å². The fraction of sp³-hybridized carbons (Fsp3) is 0.333. The number of aldehydes is 1. The molecule has 0 aliphatic heterocycles. The van der Waals surface area contributed by atoms with Crippen LogP contribution >= 0.6 is 0 Å². The quantitative estimate of drug-likeness (QED) is 0.622. The van der Waals surface area contributed by atoms with Gasteiger partial charge in [0, 0.05) is 12.4 Å². The molecule has 0 radical (unpaired) electrons. The molecule has 64 valence electrons. The number of carbonyl (C=O) groups excluding carboxylic acids is 1. The third-order valence-electron chi connectivity index (χ3n) is 1.73. The first-order valence-corrected chi connectivity index (χ1v) is 3.77. The molecule has 0 aromatic carbocycles. The molecule has 1 atom stereocenters. The summed E-state index contributed by atoms with van der Waals surface area (Å²) >= 11 is 0. The molecule has 0 N–H and O–H groups in total. The predicted octanol–water partition coefficient (Wildman–Crippen LogP) is 0.883. The minimum absolute atomic E-state index is 0.159. The predicted molar refractivity (Wildman–Crippen MR) is 46.7 cm³/mol. The van der Waals surface area contributed by atoms with E-state index in [1.165, 1.54) is 0 Å². The van der Waals surface area contributed by atoms with Gasteiger partial charge in [-0.1, -0.05) is 0 Å². The second kappa shape index (κ2) is 3.97. The van der Waals surface area contributed by atoms with Gasteiger partial charge in [-0.3, -0.25) is 9.88 Å². The third kappa shape index (κ3) is 1.89. The van der Waals surface area contributed by atoms with Crippen molar-refractivity contribution in [3.8, 4) is 0 Å². The monoisotopic (exact) mass is 164 g/mol. The van der Waals surface area contributed by atoms with Gasteiger partial charge in [0.25, 0.3) is 0 Å². The lowest BCUT2D eigenvalue weighted by atomic mass is 10.1. The fourth-order valence-corrected chi connectivity index (χ4v) is 1.06. The fourth-order valence-electron chi connectivity index (χ4n) is 1.06. The molecule has 1 aromatic rings. The molecule has 0 aliphatic rings. The van der Waals surface area contributed by atoms with Crippen LogP contribution in [-0.2, 0) is 4.79 Å². The average Bonchev–Trinajstić information content (AvgIpc) is 2.07. The van der Waals surface area contributed by atoms with Gasteiger partial charge in [0.05, 0.1) is 6.04 Å². The molecule has 1 heterocycles. The molecule has 0 spiro atoms. The Labute approximate surface area is 72.0 Å². The molecule has 1 unspecified atom stereocenters. The van der Waals surface area contributed by atoms with E-state index in [-0.39, 0.29) is 6.04 Å². The highest BCUT2D eigenvalue weighted by molar-refractivity contribution is 5.61. The van der Waals surface area contributed by atoms with E-state index >= 15 is 0 Å². The normalized spacial score (nSPS) is 12.9. The summed E-state index contributed by atoms with van der Waals surface area (Å²) in [5, 5.41) is 0. The van der Waals surface area contributed by atoms with Crippen molar-refractivity contribution in [3.63, 3.8) is 0 Å². The van der Waals surface area contributed by atoms with E-state index in [0.717, 1.165) is 11.8 Å². The van der Waals surface area contributed by atoms with E-state index < -0.39 is 0 Å². The van der Waals surface area contributed by atoms with Crippen molar-refractivity contribution in [1.29, 1.82) is 0 Å². The van der Waals surface area contributed by atoms with E-state index in [1.807, 2.05) is 31.1 Å². The van der Waals surface area contributed by atoms with Gasteiger partial charge in [-0.2, -0.15) is 0 Å². The lowest BCUT2D eigenvalue weighted by molar-refractivity contribution is -0.111. The van der Waals surface area contributed by atoms with Gasteiger partial charge >= 0.3 is 0 Å². The summed E-state index contributed by atoms with van der Waals surface area (Å²) in [6.45, 7) is 0. The number of pyridine rings is 1. The smallest absolute Gasteiger partial charge is 0.141 e. The molecule has 0 saturated carbocycles. The maximum Gasteiger partial charge on any atom is 0.141 e. The molecule has 12 heavy (non-hydrogen) atoms. The Kier molecular flexibility index (Phi) is 2.94. The third-order valence-corrected chi connectivity index (χ3v) is 1.73. The summed E-state index contributed by atoms with van der Waals surface area (Å²) in [6.07, 6.45) is 4.31. The van der Waals surface area contributed by atoms with Crippen LogP contribution in [0.4, 0.5) is 0 Å². The van der Waals surface area contributed by atoms with Crippen LogP contribution in [0.1, 0.15) is 11.6 Å². The van der Waals surface area contributed by atoms with E-state index in [4.69, 9.17) is 0 Å². The summed E-state index contributed by atoms with van der Waals surface area (Å²) < 4.78 is 0. The van der Waals surface area contributed by atoms with E-state index in [0.29, 0.717) is 0 Å². The lowest BCUT2D eigenvalue weighted by Crippen LogP contribution is -2.20. The Hall–Kier alpha value is -1.22. The van der Waals surface area contributed by atoms with Crippen molar-refractivity contribution in [3.05, 3.63) is 30.1 Å². The van der Waals surface area contributed by atoms with Crippen molar-refractivity contribution >= 4 is 6.29 Å². The van der Waals surface area contributed by atoms with Crippen molar-refractivity contribution in [2.75, 3.05) is 14.1 Å². The van der Waals surface area contributed by atoms with Crippen LogP contribution < -0.4 is 0 Å². The number of rotatable bonds is 3. The first-order valence-electron chi connectivity index (χ1n) is 3.77. The number of hydrogen-bond donors (Lipinski definition) is 0. The molecule has 0 amide bonds. The Morgan fingerprint density at radius 1 is 1.42 bits per heavy atom. The van der Waals surface area contributed by atoms with Crippen LogP contribution in [0.3, 0.4) is 0 Å². The zero-order valence-corrected chi connectivity index (χ0v) is 7.27. The van der Waals surface area contributed by atoms with Crippen LogP contribution in [0, 0.1) is 0 Å². The topological polar surface area (TPSA) is 33.2 Å². The number of aromatic nitrogens is 1. The second-order valence-electron chi connectivity index (χ2n) is 2.83. The second-order valence-corrected chi connectivity index (χ2v) is 2.83. The number of nitrogens with zero attached hydrogens (tertiary/aromatic N) is 2. The molecular formula is C9H12N2O. The molecule has 1 rings (SSSR count). The van der Waals surface area contributed by atoms with Gasteiger partial charge in [-0.05, 0) is 31.8 Å². The molecule has 0 bridgehead atoms. The van der Waals surface area contributed by atoms with E-state index in [1.54, 1.807) is 12.4 Å². The van der Waals surface area contributed by atoms with E-state index in [2.05, 4.69) is 4.98 Å². The first kappa shape index (κ1) is 8.87. The standard InChI is InChI=1S/C9H12N2O/c1-11(2)9(7-12)8-3-5-10-6-4-8/h3-7,9H,1-2H3. The summed E-state index contributed by atoms with van der Waals surface area (Å²) in [5.41, 5.74) is 0.977. The van der Waals surface area contributed by atoms with Crippen LogP contribution in [-0.4, -0.2) is 30.3 Å².